The number of aromatic nitrogens is 1. The van der Waals surface area contributed by atoms with E-state index >= 15 is 0 Å². The first-order valence-electron chi connectivity index (χ1n) is 11.0. The molecule has 0 aliphatic heterocycles. The van der Waals surface area contributed by atoms with Crippen LogP contribution in [0.15, 0.2) is 29.3 Å². The van der Waals surface area contributed by atoms with E-state index in [1.807, 2.05) is 0 Å². The fourth-order valence-corrected chi connectivity index (χ4v) is 4.77. The highest BCUT2D eigenvalue weighted by atomic mass is 32.2. The smallest absolute Gasteiger partial charge is 0.235 e. The number of nitrogens with one attached hydrogen (secondary N) is 2. The Balaban J connectivity index is 1.76. The third kappa shape index (κ3) is 6.66. The van der Waals surface area contributed by atoms with Crippen LogP contribution in [0.1, 0.15) is 72.1 Å². The fourth-order valence-electron chi connectivity index (χ4n) is 3.18. The number of hydrogen-bond donors (Lipinski definition) is 2. The molecule has 2 amide bonds. The average molecular weight is 500 g/mol. The lowest BCUT2D eigenvalue weighted by Gasteiger charge is -2.32. The Morgan fingerprint density at radius 3 is 2.30 bits per heavy atom. The zero-order valence-corrected chi connectivity index (χ0v) is 22.0. The number of carbonyl (C=O) groups excluding carboxylic acids is 2. The maximum absolute atomic E-state index is 14.3. The van der Waals surface area contributed by atoms with Crippen molar-refractivity contribution in [1.82, 2.24) is 10.3 Å². The summed E-state index contributed by atoms with van der Waals surface area (Å²) in [7, 11) is 0. The van der Waals surface area contributed by atoms with E-state index in [-0.39, 0.29) is 5.91 Å². The van der Waals surface area contributed by atoms with Gasteiger partial charge in [-0.2, -0.15) is 0 Å². The third-order valence-electron chi connectivity index (χ3n) is 6.55. The highest BCUT2D eigenvalue weighted by molar-refractivity contribution is 8.06. The SMILES string of the molecule is C=C(CCCc1cnc(NC(=O)C(C)(C)C(C)(C)F)s1)SC(=C)NC(=O)C1(C(C)(C)F)CC1. The van der Waals surface area contributed by atoms with Crippen molar-refractivity contribution >= 4 is 40.0 Å². The molecule has 0 unspecified atom stereocenters. The summed E-state index contributed by atoms with van der Waals surface area (Å²) in [6.45, 7) is 16.7. The van der Waals surface area contributed by atoms with Gasteiger partial charge in [0.15, 0.2) is 5.13 Å². The number of halogens is 2. The van der Waals surface area contributed by atoms with Gasteiger partial charge < -0.3 is 10.6 Å². The summed E-state index contributed by atoms with van der Waals surface area (Å²) >= 11 is 2.65. The molecule has 0 aromatic carbocycles. The van der Waals surface area contributed by atoms with Gasteiger partial charge in [0, 0.05) is 11.1 Å². The van der Waals surface area contributed by atoms with E-state index in [2.05, 4.69) is 28.8 Å². The quantitative estimate of drug-likeness (QED) is 0.342. The van der Waals surface area contributed by atoms with Crippen molar-refractivity contribution < 1.29 is 18.4 Å². The van der Waals surface area contributed by atoms with Gasteiger partial charge in [-0.3, -0.25) is 9.59 Å². The van der Waals surface area contributed by atoms with E-state index in [1.54, 1.807) is 20.0 Å². The number of carbonyl (C=O) groups is 2. The number of rotatable bonds is 12. The highest BCUT2D eigenvalue weighted by Crippen LogP contribution is 2.56. The van der Waals surface area contributed by atoms with Crippen LogP contribution >= 0.6 is 23.1 Å². The lowest BCUT2D eigenvalue weighted by molar-refractivity contribution is -0.131. The van der Waals surface area contributed by atoms with Gasteiger partial charge >= 0.3 is 0 Å². The molecule has 1 heterocycles. The van der Waals surface area contributed by atoms with E-state index in [4.69, 9.17) is 0 Å². The van der Waals surface area contributed by atoms with E-state index in [0.717, 1.165) is 22.6 Å². The maximum atomic E-state index is 14.3. The summed E-state index contributed by atoms with van der Waals surface area (Å²) in [5.41, 5.74) is -5.37. The zero-order valence-electron chi connectivity index (χ0n) is 20.4. The molecule has 0 radical (unpaired) electrons. The monoisotopic (exact) mass is 499 g/mol. The zero-order chi connectivity index (χ0) is 25.2. The molecule has 1 aromatic heterocycles. The van der Waals surface area contributed by atoms with E-state index < -0.39 is 28.1 Å². The first-order chi connectivity index (χ1) is 15.0. The minimum atomic E-state index is -1.67. The average Bonchev–Trinajstić information content (AvgIpc) is 3.37. The Bertz CT molecular complexity index is 923. The lowest BCUT2D eigenvalue weighted by atomic mass is 9.78. The van der Waals surface area contributed by atoms with Crippen molar-refractivity contribution in [2.45, 2.75) is 85.0 Å². The van der Waals surface area contributed by atoms with Gasteiger partial charge in [0.25, 0.3) is 0 Å². The van der Waals surface area contributed by atoms with Crippen LogP contribution in [0.2, 0.25) is 0 Å². The Hall–Kier alpha value is -1.74. The first kappa shape index (κ1) is 27.5. The second-order valence-corrected chi connectivity index (χ2v) is 12.5. The van der Waals surface area contributed by atoms with E-state index in [1.165, 1.54) is 50.8 Å². The molecule has 2 rings (SSSR count). The molecular weight excluding hydrogens is 464 g/mol. The molecule has 5 nitrogen and oxygen atoms in total. The Morgan fingerprint density at radius 1 is 1.18 bits per heavy atom. The number of thioether (sulfide) groups is 1. The standard InChI is InChI=1S/C24H35F2N3O2S2/c1-15(32-16(2)28-19(31)24(12-13-24)23(7,8)26)10-9-11-17-14-27-20(33-17)29-18(30)21(3,4)22(5,6)25/h14H,1-2,9-13H2,3-8H3,(H,28,31)(H,27,29,30). The molecule has 1 aromatic rings. The Morgan fingerprint density at radius 2 is 1.79 bits per heavy atom. The molecule has 1 aliphatic carbocycles. The van der Waals surface area contributed by atoms with Crippen molar-refractivity contribution in [2.24, 2.45) is 10.8 Å². The predicted molar refractivity (Wildman–Crippen MR) is 134 cm³/mol. The van der Waals surface area contributed by atoms with Crippen molar-refractivity contribution in [3.63, 3.8) is 0 Å². The normalized spacial score (nSPS) is 15.6. The van der Waals surface area contributed by atoms with Crippen molar-refractivity contribution in [3.05, 3.63) is 34.2 Å². The molecule has 0 atom stereocenters. The number of thiazole rings is 1. The second-order valence-electron chi connectivity index (χ2n) is 10.1. The molecule has 1 saturated carbocycles. The number of anilines is 1. The predicted octanol–water partition coefficient (Wildman–Crippen LogP) is 6.54. The first-order valence-corrected chi connectivity index (χ1v) is 12.6. The summed E-state index contributed by atoms with van der Waals surface area (Å²) in [6.07, 6.45) is 5.03. The summed E-state index contributed by atoms with van der Waals surface area (Å²) in [5.74, 6) is -0.732. The summed E-state index contributed by atoms with van der Waals surface area (Å²) < 4.78 is 28.7. The Kier molecular flexibility index (Phi) is 8.22. The van der Waals surface area contributed by atoms with E-state index in [0.29, 0.717) is 29.4 Å². The number of hydrogen-bond acceptors (Lipinski definition) is 5. The van der Waals surface area contributed by atoms with Crippen molar-refractivity contribution in [3.8, 4) is 0 Å². The molecule has 184 valence electrons. The maximum Gasteiger partial charge on any atom is 0.235 e. The molecule has 2 N–H and O–H groups in total. The molecular formula is C24H35F2N3O2S2. The Labute approximate surface area is 203 Å². The largest absolute Gasteiger partial charge is 0.320 e. The third-order valence-corrected chi connectivity index (χ3v) is 8.36. The van der Waals surface area contributed by atoms with Crippen molar-refractivity contribution in [1.29, 1.82) is 0 Å². The molecule has 33 heavy (non-hydrogen) atoms. The van der Waals surface area contributed by atoms with Crippen LogP contribution in [0.5, 0.6) is 0 Å². The van der Waals surface area contributed by atoms with Gasteiger partial charge in [0.05, 0.1) is 15.9 Å². The topological polar surface area (TPSA) is 71.1 Å². The number of nitrogens with zero attached hydrogens (tertiary/aromatic N) is 1. The molecule has 1 fully saturated rings. The van der Waals surface area contributed by atoms with Gasteiger partial charge in [0.2, 0.25) is 11.8 Å². The molecule has 0 saturated heterocycles. The van der Waals surface area contributed by atoms with Gasteiger partial charge in [-0.1, -0.05) is 24.9 Å². The lowest BCUT2D eigenvalue weighted by Crippen LogP contribution is -2.44. The molecule has 0 bridgehead atoms. The molecule has 0 spiro atoms. The van der Waals surface area contributed by atoms with Crippen LogP contribution in [-0.4, -0.2) is 28.1 Å². The van der Waals surface area contributed by atoms with Crippen LogP contribution in [0.25, 0.3) is 0 Å². The number of aryl methyl sites for hydroxylation is 1. The van der Waals surface area contributed by atoms with Crippen LogP contribution in [0.3, 0.4) is 0 Å². The minimum Gasteiger partial charge on any atom is -0.320 e. The number of amides is 2. The molecule has 1 aliphatic rings. The van der Waals surface area contributed by atoms with Gasteiger partial charge in [-0.25, -0.2) is 13.8 Å². The summed E-state index contributed by atoms with van der Waals surface area (Å²) in [5, 5.41) is 6.33. The number of alkyl halides is 2. The van der Waals surface area contributed by atoms with Crippen LogP contribution in [0.4, 0.5) is 13.9 Å². The number of allylic oxidation sites excluding steroid dienone is 1. The summed E-state index contributed by atoms with van der Waals surface area (Å²) in [4.78, 5) is 30.9. The van der Waals surface area contributed by atoms with Gasteiger partial charge in [0.1, 0.15) is 11.3 Å². The van der Waals surface area contributed by atoms with Crippen molar-refractivity contribution in [2.75, 3.05) is 5.32 Å². The summed E-state index contributed by atoms with van der Waals surface area (Å²) in [6, 6.07) is 0. The van der Waals surface area contributed by atoms with Crippen LogP contribution in [-0.2, 0) is 16.0 Å². The van der Waals surface area contributed by atoms with E-state index in [9.17, 15) is 18.4 Å². The van der Waals surface area contributed by atoms with Gasteiger partial charge in [-0.15, -0.1) is 11.3 Å². The fraction of sp³-hybridized carbons (Fsp3) is 0.625. The van der Waals surface area contributed by atoms with Crippen LogP contribution in [0, 0.1) is 10.8 Å². The van der Waals surface area contributed by atoms with Crippen LogP contribution < -0.4 is 10.6 Å². The highest BCUT2D eigenvalue weighted by Gasteiger charge is 2.61. The minimum absolute atomic E-state index is 0.320. The second kappa shape index (κ2) is 9.86. The van der Waals surface area contributed by atoms with Gasteiger partial charge in [-0.05, 0) is 78.6 Å². The molecule has 9 heteroatoms.